The van der Waals surface area contributed by atoms with Crippen molar-refractivity contribution in [1.82, 2.24) is 20.0 Å². The molecule has 12 heteroatoms. The highest BCUT2D eigenvalue weighted by molar-refractivity contribution is 5.94. The Morgan fingerprint density at radius 3 is 2.63 bits per heavy atom. The molecule has 4 heterocycles. The third-order valence-corrected chi connectivity index (χ3v) is 4.81. The van der Waals surface area contributed by atoms with Gasteiger partial charge in [0.15, 0.2) is 5.82 Å². The first kappa shape index (κ1) is 21.7. The molecule has 3 atom stereocenters. The lowest BCUT2D eigenvalue weighted by Gasteiger charge is -2.39. The fourth-order valence-corrected chi connectivity index (χ4v) is 3.49. The second kappa shape index (κ2) is 8.78. The molecule has 4 rings (SSSR count). The Labute approximate surface area is 168 Å². The van der Waals surface area contributed by atoms with Crippen molar-refractivity contribution in [3.63, 3.8) is 0 Å². The van der Waals surface area contributed by atoms with Crippen molar-refractivity contribution in [2.75, 3.05) is 13.2 Å². The number of hydrogen-bond donors (Lipinski definition) is 1. The summed E-state index contributed by atoms with van der Waals surface area (Å²) in [7, 11) is 0. The molecule has 2 aromatic rings. The molecular weight excluding hydrogens is 409 g/mol. The standard InChI is InChI=1S/C16H18N4O3.C2HF3O2/c1-10-18-15(23-19-10)12-7-14-13(4-6-22-14)20(9-12)16(21)11-3-2-5-17-8-11;3-2(4,5)1(6)7/h2-3,5,8,12-14H,4,6-7,9H2,1H3;(H,6,7)/t12-,13+,14+;/m0./s1. The Bertz CT molecular complexity index is 889. The van der Waals surface area contributed by atoms with E-state index in [0.717, 1.165) is 12.8 Å². The number of halogens is 3. The average Bonchev–Trinajstić information content (AvgIpc) is 3.36. The monoisotopic (exact) mass is 428 g/mol. The lowest BCUT2D eigenvalue weighted by molar-refractivity contribution is -0.192. The molecule has 0 spiro atoms. The number of carbonyl (C=O) groups is 2. The Balaban J connectivity index is 0.000000318. The Kier molecular flexibility index (Phi) is 6.34. The maximum Gasteiger partial charge on any atom is 0.490 e. The van der Waals surface area contributed by atoms with Gasteiger partial charge in [0.2, 0.25) is 5.89 Å². The number of hydrogen-bond acceptors (Lipinski definition) is 7. The van der Waals surface area contributed by atoms with Gasteiger partial charge in [-0.05, 0) is 31.9 Å². The van der Waals surface area contributed by atoms with Gasteiger partial charge >= 0.3 is 12.1 Å². The maximum absolute atomic E-state index is 12.9. The van der Waals surface area contributed by atoms with Crippen molar-refractivity contribution in [2.45, 2.75) is 44.0 Å². The predicted molar refractivity (Wildman–Crippen MR) is 93.5 cm³/mol. The lowest BCUT2D eigenvalue weighted by atomic mass is 9.89. The van der Waals surface area contributed by atoms with Crippen molar-refractivity contribution in [1.29, 1.82) is 0 Å². The normalized spacial score (nSPS) is 23.3. The molecule has 9 nitrogen and oxygen atoms in total. The largest absolute Gasteiger partial charge is 0.490 e. The number of carboxylic acids is 1. The number of alkyl halides is 3. The number of pyridine rings is 1. The second-order valence-corrected chi connectivity index (χ2v) is 6.88. The van der Waals surface area contributed by atoms with E-state index in [9.17, 15) is 18.0 Å². The fraction of sp³-hybridized carbons (Fsp3) is 0.500. The minimum absolute atomic E-state index is 0.0103. The highest BCUT2D eigenvalue weighted by Gasteiger charge is 2.44. The first-order valence-electron chi connectivity index (χ1n) is 9.09. The molecule has 2 aromatic heterocycles. The summed E-state index contributed by atoms with van der Waals surface area (Å²) in [4.78, 5) is 32.1. The van der Waals surface area contributed by atoms with Crippen LogP contribution in [0.15, 0.2) is 29.0 Å². The summed E-state index contributed by atoms with van der Waals surface area (Å²) in [5.41, 5.74) is 0.598. The smallest absolute Gasteiger partial charge is 0.475 e. The first-order valence-corrected chi connectivity index (χ1v) is 9.09. The third-order valence-electron chi connectivity index (χ3n) is 4.81. The van der Waals surface area contributed by atoms with Gasteiger partial charge in [0.1, 0.15) is 0 Å². The molecule has 0 aliphatic carbocycles. The zero-order chi connectivity index (χ0) is 21.9. The van der Waals surface area contributed by atoms with Crippen LogP contribution in [0, 0.1) is 6.92 Å². The molecular formula is C18H19F3N4O5. The van der Waals surface area contributed by atoms with Crippen LogP contribution in [0.2, 0.25) is 0 Å². The molecule has 2 fully saturated rings. The van der Waals surface area contributed by atoms with Gasteiger partial charge < -0.3 is 19.3 Å². The number of ether oxygens (including phenoxy) is 1. The van der Waals surface area contributed by atoms with Gasteiger partial charge in [-0.1, -0.05) is 5.16 Å². The van der Waals surface area contributed by atoms with E-state index in [0.29, 0.717) is 30.4 Å². The zero-order valence-electron chi connectivity index (χ0n) is 15.9. The van der Waals surface area contributed by atoms with Gasteiger partial charge in [0, 0.05) is 25.5 Å². The predicted octanol–water partition coefficient (Wildman–Crippen LogP) is 2.19. The number of carboxylic acid groups (broad SMARTS) is 1. The van der Waals surface area contributed by atoms with E-state index < -0.39 is 12.1 Å². The Morgan fingerprint density at radius 2 is 2.07 bits per heavy atom. The second-order valence-electron chi connectivity index (χ2n) is 6.88. The van der Waals surface area contributed by atoms with Crippen LogP contribution in [-0.4, -0.2) is 68.5 Å². The number of aliphatic carboxylic acids is 1. The molecule has 0 aromatic carbocycles. The number of nitrogens with zero attached hydrogens (tertiary/aromatic N) is 4. The van der Waals surface area contributed by atoms with E-state index in [2.05, 4.69) is 15.1 Å². The van der Waals surface area contributed by atoms with E-state index >= 15 is 0 Å². The molecule has 2 aliphatic rings. The van der Waals surface area contributed by atoms with Crippen LogP contribution in [0.4, 0.5) is 13.2 Å². The number of aryl methyl sites for hydroxylation is 1. The van der Waals surface area contributed by atoms with Gasteiger partial charge in [-0.3, -0.25) is 9.78 Å². The molecule has 0 saturated carbocycles. The van der Waals surface area contributed by atoms with Crippen molar-refractivity contribution in [3.8, 4) is 0 Å². The number of amides is 1. The Morgan fingerprint density at radius 1 is 1.33 bits per heavy atom. The van der Waals surface area contributed by atoms with Crippen LogP contribution in [0.25, 0.3) is 0 Å². The van der Waals surface area contributed by atoms with E-state index in [1.807, 2.05) is 4.90 Å². The van der Waals surface area contributed by atoms with Crippen LogP contribution in [0.1, 0.15) is 40.8 Å². The van der Waals surface area contributed by atoms with Crippen LogP contribution in [-0.2, 0) is 9.53 Å². The highest BCUT2D eigenvalue weighted by atomic mass is 19.4. The van der Waals surface area contributed by atoms with Crippen LogP contribution in [0.5, 0.6) is 0 Å². The molecule has 1 N–H and O–H groups in total. The van der Waals surface area contributed by atoms with Crippen molar-refractivity contribution >= 4 is 11.9 Å². The van der Waals surface area contributed by atoms with Gasteiger partial charge in [0.25, 0.3) is 5.91 Å². The van der Waals surface area contributed by atoms with Crippen molar-refractivity contribution < 1.29 is 37.1 Å². The van der Waals surface area contributed by atoms with E-state index in [4.69, 9.17) is 19.2 Å². The molecule has 162 valence electrons. The van der Waals surface area contributed by atoms with E-state index in [1.54, 1.807) is 31.5 Å². The molecule has 2 aliphatic heterocycles. The van der Waals surface area contributed by atoms with Crippen LogP contribution >= 0.6 is 0 Å². The highest BCUT2D eigenvalue weighted by Crippen LogP contribution is 2.36. The topological polar surface area (TPSA) is 119 Å². The number of aromatic nitrogens is 3. The minimum Gasteiger partial charge on any atom is -0.475 e. The van der Waals surface area contributed by atoms with Crippen molar-refractivity contribution in [2.24, 2.45) is 0 Å². The molecule has 0 bridgehead atoms. The van der Waals surface area contributed by atoms with Gasteiger partial charge in [-0.2, -0.15) is 18.2 Å². The van der Waals surface area contributed by atoms with Crippen molar-refractivity contribution in [3.05, 3.63) is 41.8 Å². The number of piperidine rings is 1. The number of likely N-dealkylation sites (tertiary alicyclic amines) is 1. The summed E-state index contributed by atoms with van der Waals surface area (Å²) in [5, 5.41) is 11.0. The number of fused-ring (bicyclic) bond motifs is 1. The van der Waals surface area contributed by atoms with Gasteiger partial charge in [0.05, 0.1) is 23.6 Å². The Hall–Kier alpha value is -3.02. The average molecular weight is 428 g/mol. The van der Waals surface area contributed by atoms with Crippen LogP contribution < -0.4 is 0 Å². The van der Waals surface area contributed by atoms with Crippen LogP contribution in [0.3, 0.4) is 0 Å². The molecule has 1 amide bonds. The first-order chi connectivity index (χ1) is 14.2. The molecule has 2 saturated heterocycles. The van der Waals surface area contributed by atoms with Gasteiger partial charge in [-0.15, -0.1) is 0 Å². The number of rotatable bonds is 2. The van der Waals surface area contributed by atoms with E-state index in [-0.39, 0.29) is 24.0 Å². The third kappa shape index (κ3) is 4.93. The lowest BCUT2D eigenvalue weighted by Crippen LogP contribution is -2.51. The summed E-state index contributed by atoms with van der Waals surface area (Å²) >= 11 is 0. The molecule has 0 unspecified atom stereocenters. The molecule has 30 heavy (non-hydrogen) atoms. The SMILES string of the molecule is Cc1noc([C@H]2C[C@H]3OCC[C@H]3N(C(=O)c3cccnc3)C2)n1.O=C(O)C(F)(F)F. The summed E-state index contributed by atoms with van der Waals surface area (Å²) in [6, 6.07) is 3.68. The fourth-order valence-electron chi connectivity index (χ4n) is 3.49. The summed E-state index contributed by atoms with van der Waals surface area (Å²) in [5.74, 6) is -1.57. The van der Waals surface area contributed by atoms with E-state index in [1.165, 1.54) is 0 Å². The quantitative estimate of drug-likeness (QED) is 0.773. The summed E-state index contributed by atoms with van der Waals surface area (Å²) in [6.45, 7) is 3.05. The maximum atomic E-state index is 12.9. The van der Waals surface area contributed by atoms with Gasteiger partial charge in [-0.25, -0.2) is 4.79 Å². The molecule has 0 radical (unpaired) electrons. The minimum atomic E-state index is -5.08. The summed E-state index contributed by atoms with van der Waals surface area (Å²) < 4.78 is 42.9. The number of carbonyl (C=O) groups excluding carboxylic acids is 1. The zero-order valence-corrected chi connectivity index (χ0v) is 15.9. The summed E-state index contributed by atoms with van der Waals surface area (Å²) in [6.07, 6.45) is -0.108.